The van der Waals surface area contributed by atoms with E-state index in [9.17, 15) is 8.78 Å². The average Bonchev–Trinajstić information content (AvgIpc) is 2.66. The molecule has 0 saturated heterocycles. The highest BCUT2D eigenvalue weighted by molar-refractivity contribution is 7.99. The normalized spacial score (nSPS) is 11.7. The Balaban J connectivity index is 2.20. The fraction of sp³-hybridized carbons (Fsp3) is 0.200. The van der Waals surface area contributed by atoms with E-state index in [1.165, 1.54) is 6.92 Å². The summed E-state index contributed by atoms with van der Waals surface area (Å²) < 4.78 is 32.0. The lowest BCUT2D eigenvalue weighted by atomic mass is 10.4. The minimum Gasteiger partial charge on any atom is -0.419 e. The van der Waals surface area contributed by atoms with Crippen molar-refractivity contribution in [2.24, 2.45) is 0 Å². The molecule has 2 rings (SSSR count). The molecule has 0 fully saturated rings. The van der Waals surface area contributed by atoms with Crippen LogP contribution in [-0.2, 0) is 5.25 Å². The number of halogens is 2. The molecular weight excluding hydrogens is 234 g/mol. The molecule has 1 aromatic carbocycles. The summed E-state index contributed by atoms with van der Waals surface area (Å²) in [6.07, 6.45) is 0. The van der Waals surface area contributed by atoms with Crippen molar-refractivity contribution >= 4 is 11.8 Å². The molecule has 0 aliphatic heterocycles. The van der Waals surface area contributed by atoms with Gasteiger partial charge in [-0.1, -0.05) is 18.2 Å². The van der Waals surface area contributed by atoms with Gasteiger partial charge in [-0.15, -0.1) is 10.2 Å². The summed E-state index contributed by atoms with van der Waals surface area (Å²) in [4.78, 5) is 0.448. The average molecular weight is 242 g/mol. The van der Waals surface area contributed by atoms with Crippen molar-refractivity contribution < 1.29 is 13.2 Å². The Morgan fingerprint density at radius 1 is 1.19 bits per heavy atom. The maximum absolute atomic E-state index is 13.6. The van der Waals surface area contributed by atoms with Gasteiger partial charge in [-0.05, 0) is 23.9 Å². The third kappa shape index (κ3) is 2.38. The van der Waals surface area contributed by atoms with Gasteiger partial charge in [-0.25, -0.2) is 0 Å². The van der Waals surface area contributed by atoms with E-state index in [4.69, 9.17) is 4.42 Å². The minimum atomic E-state index is -3.21. The molecule has 84 valence electrons. The van der Waals surface area contributed by atoms with E-state index in [0.29, 0.717) is 16.7 Å². The van der Waals surface area contributed by atoms with Crippen LogP contribution < -0.4 is 0 Å². The molecule has 16 heavy (non-hydrogen) atoms. The highest BCUT2D eigenvalue weighted by Gasteiger charge is 2.39. The van der Waals surface area contributed by atoms with Crippen molar-refractivity contribution in [1.82, 2.24) is 10.2 Å². The molecule has 6 heteroatoms. The SMILES string of the molecule is Cc1nnc(C(F)(F)Sc2ccccc2)o1. The van der Waals surface area contributed by atoms with E-state index in [1.807, 2.05) is 0 Å². The molecule has 0 atom stereocenters. The maximum Gasteiger partial charge on any atom is 0.374 e. The summed E-state index contributed by atoms with van der Waals surface area (Å²) in [6, 6.07) is 8.34. The van der Waals surface area contributed by atoms with Gasteiger partial charge in [0.1, 0.15) is 0 Å². The predicted molar refractivity (Wildman–Crippen MR) is 55.2 cm³/mol. The Bertz CT molecular complexity index is 473. The minimum absolute atomic E-state index is 0.128. The van der Waals surface area contributed by atoms with Gasteiger partial charge in [0, 0.05) is 11.8 Å². The molecular formula is C10H8F2N2OS. The summed E-state index contributed by atoms with van der Waals surface area (Å²) in [7, 11) is 0. The first-order chi connectivity index (χ1) is 7.58. The van der Waals surface area contributed by atoms with Crippen LogP contribution in [0.5, 0.6) is 0 Å². The van der Waals surface area contributed by atoms with E-state index in [0.717, 1.165) is 0 Å². The molecule has 0 radical (unpaired) electrons. The Hall–Kier alpha value is -1.43. The van der Waals surface area contributed by atoms with Crippen molar-refractivity contribution in [3.8, 4) is 0 Å². The molecule has 0 aliphatic carbocycles. The van der Waals surface area contributed by atoms with E-state index < -0.39 is 11.1 Å². The molecule has 0 saturated carbocycles. The molecule has 0 aliphatic rings. The van der Waals surface area contributed by atoms with Crippen molar-refractivity contribution in [2.45, 2.75) is 17.1 Å². The Morgan fingerprint density at radius 3 is 2.44 bits per heavy atom. The topological polar surface area (TPSA) is 38.9 Å². The number of nitrogens with zero attached hydrogens (tertiary/aromatic N) is 2. The Labute approximate surface area is 94.9 Å². The molecule has 2 aromatic rings. The van der Waals surface area contributed by atoms with Gasteiger partial charge in [0.25, 0.3) is 5.89 Å². The summed E-state index contributed by atoms with van der Waals surface area (Å²) in [6.45, 7) is 1.47. The van der Waals surface area contributed by atoms with Crippen LogP contribution in [-0.4, -0.2) is 10.2 Å². The van der Waals surface area contributed by atoms with Crippen molar-refractivity contribution in [3.63, 3.8) is 0 Å². The highest BCUT2D eigenvalue weighted by Crippen LogP contribution is 2.43. The van der Waals surface area contributed by atoms with E-state index in [2.05, 4.69) is 10.2 Å². The zero-order valence-electron chi connectivity index (χ0n) is 8.35. The number of thioether (sulfide) groups is 1. The summed E-state index contributed by atoms with van der Waals surface area (Å²) in [5.41, 5.74) is 0. The first kappa shape index (κ1) is 11.1. The van der Waals surface area contributed by atoms with Crippen LogP contribution in [0.2, 0.25) is 0 Å². The molecule has 0 unspecified atom stereocenters. The van der Waals surface area contributed by atoms with Crippen molar-refractivity contribution in [1.29, 1.82) is 0 Å². The van der Waals surface area contributed by atoms with E-state index >= 15 is 0 Å². The molecule has 1 aromatic heterocycles. The summed E-state index contributed by atoms with van der Waals surface area (Å²) in [5.74, 6) is -0.540. The summed E-state index contributed by atoms with van der Waals surface area (Å²) in [5, 5.41) is 3.50. The number of alkyl halides is 2. The number of aryl methyl sites for hydroxylation is 1. The highest BCUT2D eigenvalue weighted by atomic mass is 32.2. The van der Waals surface area contributed by atoms with Crippen LogP contribution in [0.4, 0.5) is 8.78 Å². The second kappa shape index (κ2) is 4.21. The fourth-order valence-corrected chi connectivity index (χ4v) is 1.85. The second-order valence-corrected chi connectivity index (χ2v) is 4.25. The molecule has 0 N–H and O–H groups in total. The monoisotopic (exact) mass is 242 g/mol. The lowest BCUT2D eigenvalue weighted by Crippen LogP contribution is -2.08. The number of aromatic nitrogens is 2. The lowest BCUT2D eigenvalue weighted by molar-refractivity contribution is 0.0705. The van der Waals surface area contributed by atoms with Crippen molar-refractivity contribution in [2.75, 3.05) is 0 Å². The third-order valence-corrected chi connectivity index (χ3v) is 2.70. The number of hydrogen-bond acceptors (Lipinski definition) is 4. The van der Waals surface area contributed by atoms with Crippen LogP contribution in [0.25, 0.3) is 0 Å². The Kier molecular flexibility index (Phi) is 2.91. The third-order valence-electron chi connectivity index (χ3n) is 1.76. The number of hydrogen-bond donors (Lipinski definition) is 0. The maximum atomic E-state index is 13.6. The largest absolute Gasteiger partial charge is 0.419 e. The molecule has 0 spiro atoms. The van der Waals surface area contributed by atoms with Gasteiger partial charge >= 0.3 is 5.25 Å². The van der Waals surface area contributed by atoms with Gasteiger partial charge in [0.05, 0.1) is 0 Å². The smallest absolute Gasteiger partial charge is 0.374 e. The van der Waals surface area contributed by atoms with Gasteiger partial charge in [-0.2, -0.15) is 8.78 Å². The standard InChI is InChI=1S/C10H8F2N2OS/c1-7-13-14-9(15-7)10(11,12)16-8-5-3-2-4-6-8/h2-6H,1H3. The van der Waals surface area contributed by atoms with Crippen LogP contribution >= 0.6 is 11.8 Å². The summed E-state index contributed by atoms with van der Waals surface area (Å²) >= 11 is 0.383. The van der Waals surface area contributed by atoms with Crippen LogP contribution in [0.15, 0.2) is 39.6 Å². The van der Waals surface area contributed by atoms with Gasteiger partial charge in [0.2, 0.25) is 5.89 Å². The van der Waals surface area contributed by atoms with Crippen LogP contribution in [0.3, 0.4) is 0 Å². The molecule has 0 bridgehead atoms. The van der Waals surface area contributed by atoms with E-state index in [-0.39, 0.29) is 5.89 Å². The van der Waals surface area contributed by atoms with E-state index in [1.54, 1.807) is 30.3 Å². The zero-order chi connectivity index (χ0) is 11.6. The van der Waals surface area contributed by atoms with Gasteiger partial charge in [0.15, 0.2) is 0 Å². The number of rotatable bonds is 3. The second-order valence-electron chi connectivity index (χ2n) is 3.06. The lowest BCUT2D eigenvalue weighted by Gasteiger charge is -2.10. The fourth-order valence-electron chi connectivity index (χ4n) is 1.09. The predicted octanol–water partition coefficient (Wildman–Crippen LogP) is 3.22. The van der Waals surface area contributed by atoms with Crippen molar-refractivity contribution in [3.05, 3.63) is 42.1 Å². The quantitative estimate of drug-likeness (QED) is 0.775. The van der Waals surface area contributed by atoms with Crippen LogP contribution in [0.1, 0.15) is 11.8 Å². The first-order valence-electron chi connectivity index (χ1n) is 4.50. The molecule has 1 heterocycles. The van der Waals surface area contributed by atoms with Gasteiger partial charge in [-0.3, -0.25) is 0 Å². The van der Waals surface area contributed by atoms with Crippen LogP contribution in [0, 0.1) is 6.92 Å². The number of benzene rings is 1. The first-order valence-corrected chi connectivity index (χ1v) is 5.32. The molecule has 3 nitrogen and oxygen atoms in total. The zero-order valence-corrected chi connectivity index (χ0v) is 9.17. The Morgan fingerprint density at radius 2 is 1.88 bits per heavy atom. The van der Waals surface area contributed by atoms with Gasteiger partial charge < -0.3 is 4.42 Å². The molecule has 0 amide bonds.